The predicted molar refractivity (Wildman–Crippen MR) is 103 cm³/mol. The molecule has 1 unspecified atom stereocenters. The molecular weight excluding hydrogens is 382 g/mol. The van der Waals surface area contributed by atoms with E-state index in [4.69, 9.17) is 0 Å². The highest BCUT2D eigenvalue weighted by atomic mass is 32.2. The van der Waals surface area contributed by atoms with E-state index in [0.717, 1.165) is 0 Å². The Morgan fingerprint density at radius 1 is 1.18 bits per heavy atom. The Morgan fingerprint density at radius 3 is 2.43 bits per heavy atom. The average molecular weight is 403 g/mol. The van der Waals surface area contributed by atoms with E-state index in [1.165, 1.54) is 27.6 Å². The van der Waals surface area contributed by atoms with Crippen LogP contribution < -0.4 is 0 Å². The second-order valence-electron chi connectivity index (χ2n) is 8.19. The highest BCUT2D eigenvalue weighted by Crippen LogP contribution is 2.53. The summed E-state index contributed by atoms with van der Waals surface area (Å²) in [4.78, 5) is 45.1. The number of carboxylic acid groups (broad SMARTS) is 1. The van der Waals surface area contributed by atoms with Crippen LogP contribution in [0.5, 0.6) is 5.75 Å². The fourth-order valence-corrected chi connectivity index (χ4v) is 5.96. The first-order chi connectivity index (χ1) is 13.0. The lowest BCUT2D eigenvalue weighted by molar-refractivity contribution is -0.170. The first-order valence-corrected chi connectivity index (χ1v) is 9.80. The van der Waals surface area contributed by atoms with Crippen LogP contribution in [0.4, 0.5) is 0 Å². The second-order valence-corrected chi connectivity index (χ2v) is 9.96. The van der Waals surface area contributed by atoms with E-state index < -0.39 is 39.7 Å². The molecule has 148 valence electrons. The molecule has 0 bridgehead atoms. The topological polar surface area (TPSA) is 111 Å². The van der Waals surface area contributed by atoms with Gasteiger partial charge < -0.3 is 15.1 Å². The van der Waals surface area contributed by atoms with Crippen molar-refractivity contribution in [3.63, 3.8) is 0 Å². The molecular formula is C19H21N3O5S. The molecule has 0 spiro atoms. The van der Waals surface area contributed by atoms with Crippen molar-refractivity contribution in [3.8, 4) is 5.75 Å². The van der Waals surface area contributed by atoms with Crippen molar-refractivity contribution in [2.45, 2.75) is 55.6 Å². The molecule has 2 amide bonds. The van der Waals surface area contributed by atoms with Gasteiger partial charge in [0, 0.05) is 10.3 Å². The van der Waals surface area contributed by atoms with E-state index in [-0.39, 0.29) is 17.4 Å². The lowest BCUT2D eigenvalue weighted by Gasteiger charge is -2.50. The summed E-state index contributed by atoms with van der Waals surface area (Å²) in [6, 6.07) is 4.70. The third-order valence-corrected chi connectivity index (χ3v) is 7.04. The number of phenolic OH excluding ortho intramolecular Hbond substituents is 1. The number of carbonyl (C=O) groups is 3. The first-order valence-electron chi connectivity index (χ1n) is 8.92. The zero-order chi connectivity index (χ0) is 20.6. The number of phenols is 1. The summed E-state index contributed by atoms with van der Waals surface area (Å²) in [7, 11) is 0. The van der Waals surface area contributed by atoms with Gasteiger partial charge in [0.05, 0.1) is 0 Å². The summed E-state index contributed by atoms with van der Waals surface area (Å²) in [6.07, 6.45) is 0. The van der Waals surface area contributed by atoms with E-state index in [1.807, 2.05) is 0 Å². The number of fused-ring (bicyclic) bond motifs is 1. The highest BCUT2D eigenvalue weighted by molar-refractivity contribution is 8.01. The maximum atomic E-state index is 13.2. The third kappa shape index (κ3) is 2.38. The number of hydrogen-bond donors (Lipinski definition) is 2. The monoisotopic (exact) mass is 403 g/mol. The molecule has 2 saturated heterocycles. The second kappa shape index (κ2) is 5.73. The molecule has 4 rings (SSSR count). The number of nitrogens with zero attached hydrogens (tertiary/aromatic N) is 3. The largest absolute Gasteiger partial charge is 0.507 e. The van der Waals surface area contributed by atoms with Gasteiger partial charge in [-0.3, -0.25) is 19.5 Å². The Hall–Kier alpha value is -2.55. The van der Waals surface area contributed by atoms with Crippen molar-refractivity contribution in [1.82, 2.24) is 9.80 Å². The number of β-lactam (4-membered cyclic amide) rings is 1. The minimum Gasteiger partial charge on any atom is -0.507 e. The van der Waals surface area contributed by atoms with Crippen LogP contribution in [-0.2, 0) is 14.4 Å². The molecule has 1 aromatic carbocycles. The molecule has 1 aromatic rings. The number of aliphatic carboxylic acids is 1. The number of amides is 2. The number of carboxylic acids is 1. The van der Waals surface area contributed by atoms with Gasteiger partial charge in [-0.05, 0) is 39.8 Å². The maximum Gasteiger partial charge on any atom is 0.327 e. The van der Waals surface area contributed by atoms with Crippen molar-refractivity contribution >= 4 is 35.3 Å². The van der Waals surface area contributed by atoms with Crippen LogP contribution >= 0.6 is 11.8 Å². The number of thioether (sulfide) groups is 1. The molecule has 0 aromatic heterocycles. The van der Waals surface area contributed by atoms with E-state index >= 15 is 0 Å². The third-order valence-electron chi connectivity index (χ3n) is 5.48. The molecule has 2 fully saturated rings. The van der Waals surface area contributed by atoms with Gasteiger partial charge in [0.1, 0.15) is 34.6 Å². The fourth-order valence-electron chi connectivity index (χ4n) is 4.28. The molecule has 2 N–H and O–H groups in total. The van der Waals surface area contributed by atoms with Gasteiger partial charge in [0.15, 0.2) is 0 Å². The zero-order valence-corrected chi connectivity index (χ0v) is 16.7. The van der Waals surface area contributed by atoms with Gasteiger partial charge in [0.2, 0.25) is 5.91 Å². The number of rotatable bonds is 3. The van der Waals surface area contributed by atoms with Gasteiger partial charge in [-0.1, -0.05) is 12.1 Å². The van der Waals surface area contributed by atoms with Crippen LogP contribution in [0.25, 0.3) is 0 Å². The molecule has 0 aliphatic carbocycles. The van der Waals surface area contributed by atoms with Crippen molar-refractivity contribution in [2.75, 3.05) is 0 Å². The zero-order valence-electron chi connectivity index (χ0n) is 15.9. The maximum absolute atomic E-state index is 13.2. The van der Waals surface area contributed by atoms with Crippen molar-refractivity contribution in [1.29, 1.82) is 0 Å². The molecule has 8 nitrogen and oxygen atoms in total. The smallest absolute Gasteiger partial charge is 0.327 e. The number of benzene rings is 1. The first kappa shape index (κ1) is 18.8. The quantitative estimate of drug-likeness (QED) is 0.736. The van der Waals surface area contributed by atoms with Crippen LogP contribution in [-0.4, -0.2) is 71.4 Å². The van der Waals surface area contributed by atoms with Crippen LogP contribution in [0.15, 0.2) is 29.3 Å². The van der Waals surface area contributed by atoms with Gasteiger partial charge >= 0.3 is 5.97 Å². The molecule has 3 aliphatic rings. The summed E-state index contributed by atoms with van der Waals surface area (Å²) in [5.74, 6) is -1.94. The molecule has 3 atom stereocenters. The summed E-state index contributed by atoms with van der Waals surface area (Å²) < 4.78 is -0.671. The standard InChI is InChI=1S/C19H21N3O5S/c1-18(2)13(17(26)27)21-15(25)12(16(21)28-18)22-14(24)11(20-19(22,3)4)9-7-5-6-8-10(9)23/h5-8,12-13,16,23H,1-4H3,(H,26,27)/t12?,13-,16+/m0/s1. The van der Waals surface area contributed by atoms with Crippen LogP contribution in [0.2, 0.25) is 0 Å². The number of hydrogen-bond acceptors (Lipinski definition) is 6. The highest BCUT2D eigenvalue weighted by Gasteiger charge is 2.68. The van der Waals surface area contributed by atoms with Crippen molar-refractivity contribution < 1.29 is 24.6 Å². The Labute approximate surface area is 166 Å². The minimum atomic E-state index is -1.05. The van der Waals surface area contributed by atoms with Crippen molar-refractivity contribution in [3.05, 3.63) is 29.8 Å². The molecule has 9 heteroatoms. The summed E-state index contributed by atoms with van der Waals surface area (Å²) in [5, 5.41) is 19.3. The summed E-state index contributed by atoms with van der Waals surface area (Å²) in [5.41, 5.74) is -0.575. The van der Waals surface area contributed by atoms with Gasteiger partial charge in [-0.25, -0.2) is 4.79 Å². The Morgan fingerprint density at radius 2 is 1.82 bits per heavy atom. The summed E-state index contributed by atoms with van der Waals surface area (Å²) in [6.45, 7) is 7.04. The van der Waals surface area contributed by atoms with Crippen LogP contribution in [0.1, 0.15) is 33.3 Å². The van der Waals surface area contributed by atoms with Gasteiger partial charge in [0.25, 0.3) is 5.91 Å². The normalized spacial score (nSPS) is 30.1. The molecule has 28 heavy (non-hydrogen) atoms. The van der Waals surface area contributed by atoms with E-state index in [0.29, 0.717) is 5.56 Å². The predicted octanol–water partition coefficient (Wildman–Crippen LogP) is 1.28. The number of aromatic hydroxyl groups is 1. The number of aliphatic imine (C=N–C) groups is 1. The Balaban J connectivity index is 1.69. The Bertz CT molecular complexity index is 941. The molecule has 0 saturated carbocycles. The van der Waals surface area contributed by atoms with E-state index in [2.05, 4.69) is 4.99 Å². The SMILES string of the molecule is CC1(C)S[C@@H]2C(N3C(=O)C(c4ccccc4O)=NC3(C)C)C(=O)N2[C@H]1C(=O)O. The Kier molecular flexibility index (Phi) is 3.85. The van der Waals surface area contributed by atoms with Crippen LogP contribution in [0, 0.1) is 0 Å². The van der Waals surface area contributed by atoms with Gasteiger partial charge in [-0.15, -0.1) is 11.8 Å². The van der Waals surface area contributed by atoms with Gasteiger partial charge in [-0.2, -0.15) is 0 Å². The minimum absolute atomic E-state index is 0.0591. The van der Waals surface area contributed by atoms with Crippen LogP contribution in [0.3, 0.4) is 0 Å². The summed E-state index contributed by atoms with van der Waals surface area (Å²) >= 11 is 1.39. The van der Waals surface area contributed by atoms with E-state index in [9.17, 15) is 24.6 Å². The lowest BCUT2D eigenvalue weighted by Crippen LogP contribution is -2.73. The average Bonchev–Trinajstić information content (AvgIpc) is 2.98. The fraction of sp³-hybridized carbons (Fsp3) is 0.474. The lowest BCUT2D eigenvalue weighted by atomic mass is 9.94. The van der Waals surface area contributed by atoms with E-state index in [1.54, 1.807) is 45.9 Å². The molecule has 3 aliphatic heterocycles. The number of para-hydroxylation sites is 1. The van der Waals surface area contributed by atoms with Crippen molar-refractivity contribution in [2.24, 2.45) is 4.99 Å². The number of carbonyl (C=O) groups excluding carboxylic acids is 2. The molecule has 3 heterocycles. The molecule has 0 radical (unpaired) electrons.